The Morgan fingerprint density at radius 3 is 2.57 bits per heavy atom. The summed E-state index contributed by atoms with van der Waals surface area (Å²) in [5.74, 6) is -1.20. The van der Waals surface area contributed by atoms with E-state index in [1.165, 1.54) is 23.9 Å². The van der Waals surface area contributed by atoms with Gasteiger partial charge in [-0.2, -0.15) is 13.2 Å². The highest BCUT2D eigenvalue weighted by atomic mass is 32.2. The largest absolute Gasteiger partial charge is 0.755 e. The van der Waals surface area contributed by atoms with Crippen molar-refractivity contribution >= 4 is 34.7 Å². The first-order valence-corrected chi connectivity index (χ1v) is 8.12. The molecule has 1 heterocycles. The van der Waals surface area contributed by atoms with Crippen LogP contribution < -0.4 is 4.31 Å². The Bertz CT molecular complexity index is 716. The van der Waals surface area contributed by atoms with Gasteiger partial charge in [0.25, 0.3) is 0 Å². The van der Waals surface area contributed by atoms with Crippen LogP contribution in [0.4, 0.5) is 18.9 Å². The topological polar surface area (TPSA) is 80.7 Å². The van der Waals surface area contributed by atoms with Crippen LogP contribution in [0.2, 0.25) is 0 Å². The Balaban J connectivity index is 2.59. The van der Waals surface area contributed by atoms with E-state index in [1.54, 1.807) is 5.41 Å². The summed E-state index contributed by atoms with van der Waals surface area (Å²) in [5, 5.41) is 10.8. The molecule has 1 aromatic rings. The zero-order valence-corrected chi connectivity index (χ0v) is 12.9. The summed E-state index contributed by atoms with van der Waals surface area (Å²) < 4.78 is 61.8. The van der Waals surface area contributed by atoms with Crippen LogP contribution >= 0.6 is 11.8 Å². The van der Waals surface area contributed by atoms with Gasteiger partial charge in [0.1, 0.15) is 0 Å². The highest BCUT2D eigenvalue weighted by molar-refractivity contribution is 8.02. The molecule has 0 aliphatic carbocycles. The van der Waals surface area contributed by atoms with Gasteiger partial charge in [-0.25, -0.2) is 4.79 Å². The van der Waals surface area contributed by atoms with E-state index in [-0.39, 0.29) is 11.4 Å². The van der Waals surface area contributed by atoms with E-state index < -0.39 is 34.5 Å². The fraction of sp³-hybridized carbons (Fsp3) is 0.154. The zero-order chi connectivity index (χ0) is 17.2. The molecule has 0 amide bonds. The number of nitrogens with zero attached hydrogens (tertiary/aromatic N) is 1. The first-order valence-electron chi connectivity index (χ1n) is 6.04. The third-order valence-corrected chi connectivity index (χ3v) is 4.27. The number of allylic oxidation sites excluding steroid dienone is 1. The summed E-state index contributed by atoms with van der Waals surface area (Å²) in [6.07, 6.45) is -1.76. The van der Waals surface area contributed by atoms with Crippen LogP contribution in [-0.2, 0) is 17.4 Å². The second-order valence-corrected chi connectivity index (χ2v) is 6.05. The minimum absolute atomic E-state index is 0.166. The van der Waals surface area contributed by atoms with Gasteiger partial charge in [0, 0.05) is 5.75 Å². The van der Waals surface area contributed by atoms with Crippen LogP contribution in [0.5, 0.6) is 0 Å². The number of halogens is 3. The third kappa shape index (κ3) is 3.95. The van der Waals surface area contributed by atoms with Crippen molar-refractivity contribution in [3.8, 4) is 0 Å². The Hall–Kier alpha value is -1.78. The van der Waals surface area contributed by atoms with Gasteiger partial charge in [-0.05, 0) is 35.8 Å². The van der Waals surface area contributed by atoms with E-state index in [4.69, 9.17) is 5.11 Å². The number of hydrogen-bond acceptors (Lipinski definition) is 4. The highest BCUT2D eigenvalue weighted by Gasteiger charge is 2.32. The summed E-state index contributed by atoms with van der Waals surface area (Å²) in [6.45, 7) is 0. The SMILES string of the molecule is O=C(O)c1cc(C(F)(F)F)ccc1N(C1=CCSC=C1)S(=O)[O-]. The van der Waals surface area contributed by atoms with Crippen molar-refractivity contribution in [3.63, 3.8) is 0 Å². The van der Waals surface area contributed by atoms with Crippen molar-refractivity contribution in [2.75, 3.05) is 10.1 Å². The Morgan fingerprint density at radius 1 is 1.39 bits per heavy atom. The van der Waals surface area contributed by atoms with Gasteiger partial charge < -0.3 is 9.66 Å². The van der Waals surface area contributed by atoms with Crippen LogP contribution in [-0.4, -0.2) is 25.6 Å². The molecule has 1 aliphatic heterocycles. The number of hydrogen-bond donors (Lipinski definition) is 1. The molecule has 0 radical (unpaired) electrons. The number of benzene rings is 1. The number of anilines is 1. The molecule has 0 saturated carbocycles. The predicted molar refractivity (Wildman–Crippen MR) is 79.5 cm³/mol. The quantitative estimate of drug-likeness (QED) is 0.830. The Morgan fingerprint density at radius 2 is 2.09 bits per heavy atom. The third-order valence-electron chi connectivity index (χ3n) is 2.88. The molecule has 1 N–H and O–H groups in total. The van der Waals surface area contributed by atoms with Crippen LogP contribution in [0.15, 0.2) is 41.5 Å². The van der Waals surface area contributed by atoms with Crippen LogP contribution in [0.3, 0.4) is 0 Å². The van der Waals surface area contributed by atoms with Gasteiger partial charge in [-0.15, -0.1) is 11.8 Å². The molecule has 0 saturated heterocycles. The van der Waals surface area contributed by atoms with Crippen LogP contribution in [0, 0.1) is 0 Å². The molecular formula is C13H9F3NO4S2-. The molecule has 5 nitrogen and oxygen atoms in total. The van der Waals surface area contributed by atoms with Gasteiger partial charge in [0.2, 0.25) is 0 Å². The number of rotatable bonds is 4. The van der Waals surface area contributed by atoms with Crippen LogP contribution in [0.25, 0.3) is 0 Å². The van der Waals surface area contributed by atoms with Crippen molar-refractivity contribution < 1.29 is 31.8 Å². The monoisotopic (exact) mass is 364 g/mol. The van der Waals surface area contributed by atoms with E-state index in [2.05, 4.69) is 0 Å². The molecule has 0 bridgehead atoms. The minimum atomic E-state index is -4.73. The van der Waals surface area contributed by atoms with E-state index in [9.17, 15) is 26.7 Å². The molecule has 0 spiro atoms. The summed E-state index contributed by atoms with van der Waals surface area (Å²) in [6, 6.07) is 1.89. The maximum atomic E-state index is 12.7. The average Bonchev–Trinajstić information content (AvgIpc) is 2.47. The lowest BCUT2D eigenvalue weighted by Crippen LogP contribution is -2.27. The number of carboxylic acid groups (broad SMARTS) is 1. The van der Waals surface area contributed by atoms with E-state index in [0.29, 0.717) is 22.2 Å². The van der Waals surface area contributed by atoms with Gasteiger partial charge >= 0.3 is 12.1 Å². The van der Waals surface area contributed by atoms with E-state index in [1.807, 2.05) is 0 Å². The average molecular weight is 364 g/mol. The molecule has 23 heavy (non-hydrogen) atoms. The fourth-order valence-corrected chi connectivity index (χ4v) is 3.13. The van der Waals surface area contributed by atoms with Crippen molar-refractivity contribution in [3.05, 3.63) is 52.6 Å². The Labute approximate surface area is 135 Å². The van der Waals surface area contributed by atoms with Crippen LogP contribution in [0.1, 0.15) is 15.9 Å². The fourth-order valence-electron chi connectivity index (χ4n) is 1.89. The molecule has 1 aromatic carbocycles. The number of carboxylic acids is 1. The molecular weight excluding hydrogens is 355 g/mol. The molecule has 1 atom stereocenters. The minimum Gasteiger partial charge on any atom is -0.755 e. The second-order valence-electron chi connectivity index (χ2n) is 4.31. The summed E-state index contributed by atoms with van der Waals surface area (Å²) in [4.78, 5) is 11.3. The predicted octanol–water partition coefficient (Wildman–Crippen LogP) is 3.15. The van der Waals surface area contributed by atoms with Gasteiger partial charge in [-0.1, -0.05) is 0 Å². The van der Waals surface area contributed by atoms with Crippen molar-refractivity contribution in [1.29, 1.82) is 0 Å². The number of thioether (sulfide) groups is 1. The highest BCUT2D eigenvalue weighted by Crippen LogP contribution is 2.35. The van der Waals surface area contributed by atoms with E-state index in [0.717, 1.165) is 6.07 Å². The van der Waals surface area contributed by atoms with Crippen molar-refractivity contribution in [2.45, 2.75) is 6.18 Å². The molecule has 1 aliphatic rings. The van der Waals surface area contributed by atoms with Gasteiger partial charge in [-0.3, -0.25) is 8.51 Å². The number of aromatic carboxylic acids is 1. The maximum Gasteiger partial charge on any atom is 0.416 e. The molecule has 2 rings (SSSR count). The lowest BCUT2D eigenvalue weighted by atomic mass is 10.1. The maximum absolute atomic E-state index is 12.7. The van der Waals surface area contributed by atoms with Gasteiger partial charge in [0.05, 0.1) is 33.8 Å². The molecule has 124 valence electrons. The first kappa shape index (κ1) is 17.6. The van der Waals surface area contributed by atoms with Crippen molar-refractivity contribution in [1.82, 2.24) is 0 Å². The standard InChI is InChI=1S/C13H10F3NO4S2/c14-13(15,16)8-1-2-11(10(7-8)12(18)19)17(23(20)21)9-3-5-22-6-4-9/h1-5,7H,6H2,(H,18,19)(H,20,21)/p-1. The molecule has 10 heteroatoms. The first-order chi connectivity index (χ1) is 10.7. The van der Waals surface area contributed by atoms with Gasteiger partial charge in [0.15, 0.2) is 0 Å². The smallest absolute Gasteiger partial charge is 0.416 e. The molecule has 0 fully saturated rings. The van der Waals surface area contributed by atoms with Crippen molar-refractivity contribution in [2.24, 2.45) is 0 Å². The van der Waals surface area contributed by atoms with E-state index >= 15 is 0 Å². The summed E-state index contributed by atoms with van der Waals surface area (Å²) in [5.41, 5.74) is -2.11. The molecule has 1 unspecified atom stereocenters. The Kier molecular flexibility index (Phi) is 5.17. The zero-order valence-electron chi connectivity index (χ0n) is 11.2. The lowest BCUT2D eigenvalue weighted by molar-refractivity contribution is -0.137. The summed E-state index contributed by atoms with van der Waals surface area (Å²) in [7, 11) is 0. The second kappa shape index (κ2) is 6.77. The molecule has 0 aromatic heterocycles. The normalized spacial score (nSPS) is 15.9. The number of carbonyl (C=O) groups is 1. The lowest BCUT2D eigenvalue weighted by Gasteiger charge is -2.29. The number of alkyl halides is 3. The summed E-state index contributed by atoms with van der Waals surface area (Å²) >= 11 is -1.51.